The molecule has 112 valence electrons. The lowest BCUT2D eigenvalue weighted by Crippen LogP contribution is -2.22. The Labute approximate surface area is 124 Å². The van der Waals surface area contributed by atoms with Crippen LogP contribution in [-0.2, 0) is 18.3 Å². The monoisotopic (exact) mass is 288 g/mol. The van der Waals surface area contributed by atoms with E-state index in [0.717, 1.165) is 11.4 Å². The maximum Gasteiger partial charge on any atom is 0.341 e. The van der Waals surface area contributed by atoms with Gasteiger partial charge in [0.15, 0.2) is 0 Å². The Morgan fingerprint density at radius 2 is 2.29 bits per heavy atom. The van der Waals surface area contributed by atoms with Gasteiger partial charge in [0.25, 0.3) is 0 Å². The van der Waals surface area contributed by atoms with Crippen LogP contribution in [0.5, 0.6) is 0 Å². The molecule has 1 N–H and O–H groups in total. The first kappa shape index (κ1) is 15.2. The SMILES string of the molecule is CCOC(=O)c1cnn(C)c1CN[C@H](C)c1ccccn1. The summed E-state index contributed by atoms with van der Waals surface area (Å²) < 4.78 is 6.73. The Morgan fingerprint density at radius 1 is 1.48 bits per heavy atom. The summed E-state index contributed by atoms with van der Waals surface area (Å²) in [6, 6.07) is 5.88. The molecule has 6 heteroatoms. The van der Waals surface area contributed by atoms with Gasteiger partial charge in [-0.2, -0.15) is 5.10 Å². The lowest BCUT2D eigenvalue weighted by Gasteiger charge is -2.14. The van der Waals surface area contributed by atoms with Crippen LogP contribution in [0.25, 0.3) is 0 Å². The average Bonchev–Trinajstić information content (AvgIpc) is 2.87. The molecule has 0 bridgehead atoms. The van der Waals surface area contributed by atoms with Crippen molar-refractivity contribution < 1.29 is 9.53 Å². The van der Waals surface area contributed by atoms with E-state index >= 15 is 0 Å². The Balaban J connectivity index is 2.06. The van der Waals surface area contributed by atoms with Gasteiger partial charge >= 0.3 is 5.97 Å². The smallest absolute Gasteiger partial charge is 0.341 e. The van der Waals surface area contributed by atoms with Crippen molar-refractivity contribution >= 4 is 5.97 Å². The zero-order valence-electron chi connectivity index (χ0n) is 12.5. The number of nitrogens with zero attached hydrogens (tertiary/aromatic N) is 3. The number of rotatable bonds is 6. The van der Waals surface area contributed by atoms with E-state index in [1.807, 2.05) is 32.2 Å². The molecule has 0 radical (unpaired) electrons. The van der Waals surface area contributed by atoms with Gasteiger partial charge in [0, 0.05) is 25.8 Å². The summed E-state index contributed by atoms with van der Waals surface area (Å²) in [5.74, 6) is -0.340. The van der Waals surface area contributed by atoms with E-state index in [9.17, 15) is 4.79 Å². The normalized spacial score (nSPS) is 12.1. The Bertz CT molecular complexity index is 595. The van der Waals surface area contributed by atoms with Crippen molar-refractivity contribution in [3.8, 4) is 0 Å². The first-order valence-corrected chi connectivity index (χ1v) is 6.95. The van der Waals surface area contributed by atoms with Gasteiger partial charge in [0.05, 0.1) is 24.2 Å². The fourth-order valence-electron chi connectivity index (χ4n) is 2.04. The van der Waals surface area contributed by atoms with Gasteiger partial charge in [-0.25, -0.2) is 4.79 Å². The van der Waals surface area contributed by atoms with Crippen molar-refractivity contribution in [1.82, 2.24) is 20.1 Å². The second-order valence-corrected chi connectivity index (χ2v) is 4.71. The van der Waals surface area contributed by atoms with E-state index in [4.69, 9.17) is 4.74 Å². The van der Waals surface area contributed by atoms with Gasteiger partial charge in [-0.1, -0.05) is 6.07 Å². The highest BCUT2D eigenvalue weighted by atomic mass is 16.5. The van der Waals surface area contributed by atoms with Gasteiger partial charge in [-0.05, 0) is 26.0 Å². The molecule has 0 saturated carbocycles. The maximum absolute atomic E-state index is 11.9. The van der Waals surface area contributed by atoms with Crippen LogP contribution < -0.4 is 5.32 Å². The highest BCUT2D eigenvalue weighted by Crippen LogP contribution is 2.13. The van der Waals surface area contributed by atoms with Gasteiger partial charge in [0.1, 0.15) is 5.56 Å². The topological polar surface area (TPSA) is 69.0 Å². The third-order valence-corrected chi connectivity index (χ3v) is 3.26. The molecule has 0 aliphatic heterocycles. The highest BCUT2D eigenvalue weighted by Gasteiger charge is 2.17. The molecule has 0 aliphatic carbocycles. The first-order chi connectivity index (χ1) is 10.1. The molecule has 2 aromatic heterocycles. The molecule has 21 heavy (non-hydrogen) atoms. The van der Waals surface area contributed by atoms with E-state index in [1.54, 1.807) is 24.0 Å². The van der Waals surface area contributed by atoms with Crippen molar-refractivity contribution in [2.45, 2.75) is 26.4 Å². The number of carbonyl (C=O) groups is 1. The number of pyridine rings is 1. The van der Waals surface area contributed by atoms with Crippen molar-refractivity contribution in [3.05, 3.63) is 47.5 Å². The summed E-state index contributed by atoms with van der Waals surface area (Å²) >= 11 is 0. The second kappa shape index (κ2) is 6.99. The number of aromatic nitrogens is 3. The van der Waals surface area contributed by atoms with Crippen LogP contribution in [0, 0.1) is 0 Å². The molecule has 1 atom stereocenters. The lowest BCUT2D eigenvalue weighted by molar-refractivity contribution is 0.0524. The van der Waals surface area contributed by atoms with Crippen LogP contribution in [-0.4, -0.2) is 27.3 Å². The molecule has 6 nitrogen and oxygen atoms in total. The van der Waals surface area contributed by atoms with Crippen molar-refractivity contribution in [3.63, 3.8) is 0 Å². The number of hydrogen-bond donors (Lipinski definition) is 1. The molecule has 0 aliphatic rings. The highest BCUT2D eigenvalue weighted by molar-refractivity contribution is 5.90. The van der Waals surface area contributed by atoms with Crippen LogP contribution in [0.1, 0.15) is 41.6 Å². The molecule has 2 rings (SSSR count). The summed E-state index contributed by atoms with van der Waals surface area (Å²) in [4.78, 5) is 16.2. The summed E-state index contributed by atoms with van der Waals surface area (Å²) in [5, 5.41) is 7.48. The largest absolute Gasteiger partial charge is 0.462 e. The summed E-state index contributed by atoms with van der Waals surface area (Å²) in [5.41, 5.74) is 2.26. The molecule has 2 aromatic rings. The third-order valence-electron chi connectivity index (χ3n) is 3.26. The Hall–Kier alpha value is -2.21. The quantitative estimate of drug-likeness (QED) is 0.821. The van der Waals surface area contributed by atoms with Crippen molar-refractivity contribution in [2.24, 2.45) is 7.05 Å². The molecular formula is C15H20N4O2. The van der Waals surface area contributed by atoms with Crippen LogP contribution in [0.3, 0.4) is 0 Å². The average molecular weight is 288 g/mol. The van der Waals surface area contributed by atoms with Gasteiger partial charge in [-0.3, -0.25) is 9.67 Å². The van der Waals surface area contributed by atoms with E-state index in [0.29, 0.717) is 18.7 Å². The van der Waals surface area contributed by atoms with Gasteiger partial charge in [0.2, 0.25) is 0 Å². The standard InChI is InChI=1S/C15H20N4O2/c1-4-21-15(20)12-9-18-19(3)14(12)10-17-11(2)13-7-5-6-8-16-13/h5-9,11,17H,4,10H2,1-3H3/t11-/m1/s1. The minimum absolute atomic E-state index is 0.0798. The minimum Gasteiger partial charge on any atom is -0.462 e. The number of carbonyl (C=O) groups excluding carboxylic acids is 1. The number of hydrogen-bond acceptors (Lipinski definition) is 5. The van der Waals surface area contributed by atoms with Gasteiger partial charge < -0.3 is 10.1 Å². The maximum atomic E-state index is 11.9. The molecular weight excluding hydrogens is 268 g/mol. The van der Waals surface area contributed by atoms with Crippen LogP contribution in [0.4, 0.5) is 0 Å². The second-order valence-electron chi connectivity index (χ2n) is 4.71. The molecule has 2 heterocycles. The van der Waals surface area contributed by atoms with Gasteiger partial charge in [-0.15, -0.1) is 0 Å². The number of esters is 1. The molecule has 0 unspecified atom stereocenters. The fourth-order valence-corrected chi connectivity index (χ4v) is 2.04. The van der Waals surface area contributed by atoms with E-state index in [1.165, 1.54) is 0 Å². The zero-order chi connectivity index (χ0) is 15.2. The predicted molar refractivity (Wildman–Crippen MR) is 78.7 cm³/mol. The molecule has 0 spiro atoms. The minimum atomic E-state index is -0.340. The van der Waals surface area contributed by atoms with Crippen LogP contribution >= 0.6 is 0 Å². The van der Waals surface area contributed by atoms with E-state index in [-0.39, 0.29) is 12.0 Å². The molecule has 0 aromatic carbocycles. The first-order valence-electron chi connectivity index (χ1n) is 6.95. The predicted octanol–water partition coefficient (Wildman–Crippen LogP) is 1.84. The lowest BCUT2D eigenvalue weighted by atomic mass is 10.2. The fraction of sp³-hybridized carbons (Fsp3) is 0.400. The third kappa shape index (κ3) is 3.66. The number of aryl methyl sites for hydroxylation is 1. The Kier molecular flexibility index (Phi) is 5.05. The molecule has 0 saturated heterocycles. The van der Waals surface area contributed by atoms with Crippen molar-refractivity contribution in [1.29, 1.82) is 0 Å². The van der Waals surface area contributed by atoms with Crippen LogP contribution in [0.2, 0.25) is 0 Å². The number of ether oxygens (including phenoxy) is 1. The molecule has 0 fully saturated rings. The Morgan fingerprint density at radius 3 is 2.95 bits per heavy atom. The molecule has 0 amide bonds. The zero-order valence-corrected chi connectivity index (χ0v) is 12.5. The van der Waals surface area contributed by atoms with Crippen molar-refractivity contribution in [2.75, 3.05) is 6.61 Å². The van der Waals surface area contributed by atoms with E-state index < -0.39 is 0 Å². The summed E-state index contributed by atoms with van der Waals surface area (Å²) in [6.07, 6.45) is 3.31. The number of nitrogens with one attached hydrogen (secondary N) is 1. The summed E-state index contributed by atoms with van der Waals surface area (Å²) in [7, 11) is 1.81. The van der Waals surface area contributed by atoms with E-state index in [2.05, 4.69) is 15.4 Å². The summed E-state index contributed by atoms with van der Waals surface area (Å²) in [6.45, 7) is 4.69. The van der Waals surface area contributed by atoms with Crippen LogP contribution in [0.15, 0.2) is 30.6 Å².